The molecule has 0 fully saturated rings. The van der Waals surface area contributed by atoms with E-state index in [0.717, 1.165) is 15.8 Å². The van der Waals surface area contributed by atoms with Crippen LogP contribution in [0.3, 0.4) is 0 Å². The Bertz CT molecular complexity index is 569. The Hall–Kier alpha value is -1.81. The van der Waals surface area contributed by atoms with Crippen molar-refractivity contribution in [3.63, 3.8) is 0 Å². The average Bonchev–Trinajstić information content (AvgIpc) is 2.45. The van der Waals surface area contributed by atoms with Crippen molar-refractivity contribution in [2.45, 2.75) is 12.3 Å². The number of aliphatic carboxylic acids is 1. The molecule has 0 radical (unpaired) electrons. The standard InChI is InChI=1S/C16H15BrO3/c17-15-9-5-4-8-13(15)14(16(18)19)10-11-20-12-6-2-1-3-7-12/h1-9,14H,10-11H2,(H,18,19). The lowest BCUT2D eigenvalue weighted by Gasteiger charge is -2.15. The third kappa shape index (κ3) is 3.84. The molecule has 2 aromatic rings. The van der Waals surface area contributed by atoms with E-state index in [2.05, 4.69) is 15.9 Å². The summed E-state index contributed by atoms with van der Waals surface area (Å²) < 4.78 is 6.38. The molecule has 0 heterocycles. The number of rotatable bonds is 6. The van der Waals surface area contributed by atoms with E-state index in [9.17, 15) is 9.90 Å². The molecule has 2 rings (SSSR count). The molecule has 0 spiro atoms. The maximum Gasteiger partial charge on any atom is 0.311 e. The van der Waals surface area contributed by atoms with Gasteiger partial charge in [0.05, 0.1) is 12.5 Å². The van der Waals surface area contributed by atoms with Crippen molar-refractivity contribution in [3.8, 4) is 5.75 Å². The summed E-state index contributed by atoms with van der Waals surface area (Å²) in [6.45, 7) is 0.363. The van der Waals surface area contributed by atoms with Gasteiger partial charge in [-0.15, -0.1) is 0 Å². The van der Waals surface area contributed by atoms with Crippen LogP contribution in [0.1, 0.15) is 17.9 Å². The van der Waals surface area contributed by atoms with Crippen molar-refractivity contribution in [1.29, 1.82) is 0 Å². The number of hydrogen-bond donors (Lipinski definition) is 1. The van der Waals surface area contributed by atoms with Crippen molar-refractivity contribution >= 4 is 21.9 Å². The minimum Gasteiger partial charge on any atom is -0.494 e. The molecular formula is C16H15BrO3. The van der Waals surface area contributed by atoms with Crippen LogP contribution < -0.4 is 4.74 Å². The van der Waals surface area contributed by atoms with Crippen LogP contribution in [0, 0.1) is 0 Å². The predicted molar refractivity (Wildman–Crippen MR) is 81.1 cm³/mol. The first-order chi connectivity index (χ1) is 9.68. The first kappa shape index (κ1) is 14.6. The summed E-state index contributed by atoms with van der Waals surface area (Å²) in [7, 11) is 0. The molecule has 1 unspecified atom stereocenters. The predicted octanol–water partition coefficient (Wildman–Crippen LogP) is 4.09. The minimum atomic E-state index is -0.839. The van der Waals surface area contributed by atoms with Gasteiger partial charge in [0, 0.05) is 4.47 Å². The smallest absolute Gasteiger partial charge is 0.311 e. The normalized spacial score (nSPS) is 11.8. The van der Waals surface area contributed by atoms with Gasteiger partial charge in [-0.25, -0.2) is 0 Å². The zero-order valence-corrected chi connectivity index (χ0v) is 12.4. The number of ether oxygens (including phenoxy) is 1. The highest BCUT2D eigenvalue weighted by molar-refractivity contribution is 9.10. The van der Waals surface area contributed by atoms with E-state index in [1.165, 1.54) is 0 Å². The zero-order chi connectivity index (χ0) is 14.4. The highest BCUT2D eigenvalue weighted by Crippen LogP contribution is 2.27. The van der Waals surface area contributed by atoms with E-state index >= 15 is 0 Å². The SMILES string of the molecule is O=C(O)C(CCOc1ccccc1)c1ccccc1Br. The Kier molecular flexibility index (Phi) is 5.18. The van der Waals surface area contributed by atoms with Gasteiger partial charge in [0.1, 0.15) is 5.75 Å². The van der Waals surface area contributed by atoms with E-state index in [-0.39, 0.29) is 0 Å². The monoisotopic (exact) mass is 334 g/mol. The lowest BCUT2D eigenvalue weighted by molar-refractivity contribution is -0.139. The van der Waals surface area contributed by atoms with Gasteiger partial charge in [0.25, 0.3) is 0 Å². The van der Waals surface area contributed by atoms with Crippen molar-refractivity contribution in [2.24, 2.45) is 0 Å². The number of benzene rings is 2. The van der Waals surface area contributed by atoms with Gasteiger partial charge >= 0.3 is 5.97 Å². The van der Waals surface area contributed by atoms with Gasteiger partial charge in [-0.05, 0) is 30.2 Å². The fraction of sp³-hybridized carbons (Fsp3) is 0.188. The molecular weight excluding hydrogens is 320 g/mol. The first-order valence-corrected chi connectivity index (χ1v) is 7.13. The van der Waals surface area contributed by atoms with E-state index in [1.807, 2.05) is 54.6 Å². The number of carbonyl (C=O) groups is 1. The summed E-state index contributed by atoms with van der Waals surface area (Å²) in [5.41, 5.74) is 0.775. The third-order valence-corrected chi connectivity index (χ3v) is 3.72. The fourth-order valence-electron chi connectivity index (χ4n) is 1.98. The van der Waals surface area contributed by atoms with E-state index in [4.69, 9.17) is 4.74 Å². The van der Waals surface area contributed by atoms with Crippen LogP contribution in [0.15, 0.2) is 59.1 Å². The highest BCUT2D eigenvalue weighted by atomic mass is 79.9. The Labute approximate surface area is 126 Å². The second kappa shape index (κ2) is 7.10. The van der Waals surface area contributed by atoms with Crippen molar-refractivity contribution in [3.05, 3.63) is 64.6 Å². The zero-order valence-electron chi connectivity index (χ0n) is 10.8. The minimum absolute atomic E-state index is 0.363. The molecule has 0 aromatic heterocycles. The Morgan fingerprint density at radius 2 is 1.75 bits per heavy atom. The van der Waals surface area contributed by atoms with Gasteiger partial charge in [-0.3, -0.25) is 4.79 Å². The maximum atomic E-state index is 11.4. The van der Waals surface area contributed by atoms with Crippen molar-refractivity contribution < 1.29 is 14.6 Å². The number of carboxylic acid groups (broad SMARTS) is 1. The summed E-state index contributed by atoms with van der Waals surface area (Å²) in [6, 6.07) is 16.8. The van der Waals surface area contributed by atoms with Crippen LogP contribution in [0.4, 0.5) is 0 Å². The number of para-hydroxylation sites is 1. The molecule has 4 heteroatoms. The molecule has 1 atom stereocenters. The van der Waals surface area contributed by atoms with Crippen LogP contribution in [0.2, 0.25) is 0 Å². The van der Waals surface area contributed by atoms with Crippen LogP contribution in [-0.4, -0.2) is 17.7 Å². The second-order valence-corrected chi connectivity index (χ2v) is 5.22. The number of hydrogen-bond acceptors (Lipinski definition) is 2. The van der Waals surface area contributed by atoms with E-state index in [1.54, 1.807) is 0 Å². The molecule has 0 saturated heterocycles. The largest absolute Gasteiger partial charge is 0.494 e. The average molecular weight is 335 g/mol. The quantitative estimate of drug-likeness (QED) is 0.865. The van der Waals surface area contributed by atoms with Gasteiger partial charge in [0.2, 0.25) is 0 Å². The Morgan fingerprint density at radius 3 is 2.40 bits per heavy atom. The highest BCUT2D eigenvalue weighted by Gasteiger charge is 2.21. The molecule has 0 bridgehead atoms. The lowest BCUT2D eigenvalue weighted by atomic mass is 9.96. The first-order valence-electron chi connectivity index (χ1n) is 6.33. The molecule has 2 aromatic carbocycles. The topological polar surface area (TPSA) is 46.5 Å². The second-order valence-electron chi connectivity index (χ2n) is 4.36. The van der Waals surface area contributed by atoms with Crippen LogP contribution >= 0.6 is 15.9 Å². The summed E-state index contributed by atoms with van der Waals surface area (Å²) in [5, 5.41) is 9.37. The third-order valence-electron chi connectivity index (χ3n) is 3.00. The van der Waals surface area contributed by atoms with Gasteiger partial charge in [0.15, 0.2) is 0 Å². The Balaban J connectivity index is 2.01. The summed E-state index contributed by atoms with van der Waals surface area (Å²) in [4.78, 5) is 11.4. The molecule has 104 valence electrons. The van der Waals surface area contributed by atoms with Crippen LogP contribution in [-0.2, 0) is 4.79 Å². The van der Waals surface area contributed by atoms with E-state index in [0.29, 0.717) is 13.0 Å². The van der Waals surface area contributed by atoms with Crippen LogP contribution in [0.25, 0.3) is 0 Å². The Morgan fingerprint density at radius 1 is 1.10 bits per heavy atom. The molecule has 0 aliphatic carbocycles. The summed E-state index contributed by atoms with van der Waals surface area (Å²) in [6.07, 6.45) is 0.423. The van der Waals surface area contributed by atoms with Gasteiger partial charge < -0.3 is 9.84 Å². The van der Waals surface area contributed by atoms with Gasteiger partial charge in [-0.2, -0.15) is 0 Å². The van der Waals surface area contributed by atoms with E-state index < -0.39 is 11.9 Å². The van der Waals surface area contributed by atoms with Crippen molar-refractivity contribution in [1.82, 2.24) is 0 Å². The molecule has 0 amide bonds. The number of carboxylic acids is 1. The molecule has 20 heavy (non-hydrogen) atoms. The molecule has 0 aliphatic heterocycles. The maximum absolute atomic E-state index is 11.4. The summed E-state index contributed by atoms with van der Waals surface area (Å²) >= 11 is 3.40. The fourth-order valence-corrected chi connectivity index (χ4v) is 2.54. The lowest BCUT2D eigenvalue weighted by Crippen LogP contribution is -2.15. The van der Waals surface area contributed by atoms with Crippen molar-refractivity contribution in [2.75, 3.05) is 6.61 Å². The molecule has 0 saturated carbocycles. The molecule has 3 nitrogen and oxygen atoms in total. The van der Waals surface area contributed by atoms with Gasteiger partial charge in [-0.1, -0.05) is 52.3 Å². The number of halogens is 1. The molecule has 0 aliphatic rings. The molecule has 1 N–H and O–H groups in total. The summed E-state index contributed by atoms with van der Waals surface area (Å²) in [5.74, 6) is -0.661. The van der Waals surface area contributed by atoms with Crippen LogP contribution in [0.5, 0.6) is 5.75 Å².